The zero-order valence-electron chi connectivity index (χ0n) is 12.0. The van der Waals surface area contributed by atoms with Gasteiger partial charge in [-0.15, -0.1) is 11.3 Å². The van der Waals surface area contributed by atoms with Crippen LogP contribution >= 0.6 is 23.6 Å². The molecule has 2 rings (SSSR count). The molecule has 0 amide bonds. The second-order valence-electron chi connectivity index (χ2n) is 4.86. The fourth-order valence-corrected chi connectivity index (χ4v) is 3.15. The zero-order chi connectivity index (χ0) is 14.9. The summed E-state index contributed by atoms with van der Waals surface area (Å²) in [6.45, 7) is 8.00. The summed E-state index contributed by atoms with van der Waals surface area (Å²) in [5, 5.41) is 6.44. The van der Waals surface area contributed by atoms with Crippen molar-refractivity contribution in [2.45, 2.75) is 33.7 Å². The van der Waals surface area contributed by atoms with Crippen molar-refractivity contribution in [3.05, 3.63) is 39.0 Å². The number of thiazole rings is 1. The van der Waals surface area contributed by atoms with Crippen LogP contribution in [0.2, 0.25) is 0 Å². The highest BCUT2D eigenvalue weighted by atomic mass is 32.1. The Labute approximate surface area is 128 Å². The molecular formula is C14H18N4S2. The van der Waals surface area contributed by atoms with Crippen LogP contribution in [0.4, 0.5) is 5.82 Å². The van der Waals surface area contributed by atoms with E-state index in [0.717, 1.165) is 33.3 Å². The van der Waals surface area contributed by atoms with E-state index >= 15 is 0 Å². The van der Waals surface area contributed by atoms with E-state index in [2.05, 4.69) is 22.2 Å². The van der Waals surface area contributed by atoms with Crippen molar-refractivity contribution in [2.24, 2.45) is 5.73 Å². The zero-order valence-corrected chi connectivity index (χ0v) is 13.7. The van der Waals surface area contributed by atoms with Gasteiger partial charge in [0.25, 0.3) is 0 Å². The molecule has 2 heterocycles. The molecule has 0 bridgehead atoms. The Morgan fingerprint density at radius 3 is 2.55 bits per heavy atom. The van der Waals surface area contributed by atoms with Gasteiger partial charge in [0.1, 0.15) is 15.8 Å². The number of thiocarbonyl (C=S) groups is 1. The minimum absolute atomic E-state index is 0.0653. The van der Waals surface area contributed by atoms with Gasteiger partial charge in [0, 0.05) is 16.8 Å². The lowest BCUT2D eigenvalue weighted by atomic mass is 10.1. The minimum atomic E-state index is 0.0653. The summed E-state index contributed by atoms with van der Waals surface area (Å²) in [4.78, 5) is 9.38. The fourth-order valence-electron chi connectivity index (χ4n) is 2.09. The van der Waals surface area contributed by atoms with Crippen molar-refractivity contribution in [1.82, 2.24) is 9.97 Å². The second kappa shape index (κ2) is 5.85. The van der Waals surface area contributed by atoms with E-state index < -0.39 is 0 Å². The van der Waals surface area contributed by atoms with Crippen LogP contribution in [-0.2, 0) is 0 Å². The Morgan fingerprint density at radius 1 is 1.30 bits per heavy atom. The maximum atomic E-state index is 5.82. The third-order valence-corrected chi connectivity index (χ3v) is 4.30. The molecule has 106 valence electrons. The van der Waals surface area contributed by atoms with Gasteiger partial charge in [0.2, 0.25) is 0 Å². The number of rotatable bonds is 4. The standard InChI is InChI=1S/C14H18N4S2/c1-7-5-8(2)16-13(11(7)12(15)19)18-10(4)14-17-9(3)6-20-14/h5-6,10H,1-4H3,(H2,15,19)(H,16,18). The van der Waals surface area contributed by atoms with Crippen LogP contribution in [0.15, 0.2) is 11.4 Å². The van der Waals surface area contributed by atoms with Gasteiger partial charge in [-0.3, -0.25) is 0 Å². The van der Waals surface area contributed by atoms with Crippen LogP contribution < -0.4 is 11.1 Å². The highest BCUT2D eigenvalue weighted by molar-refractivity contribution is 7.80. The molecule has 0 aliphatic heterocycles. The predicted octanol–water partition coefficient (Wildman–Crippen LogP) is 3.27. The molecule has 2 aromatic rings. The topological polar surface area (TPSA) is 63.8 Å². The van der Waals surface area contributed by atoms with Crippen molar-refractivity contribution in [2.75, 3.05) is 5.32 Å². The summed E-state index contributed by atoms with van der Waals surface area (Å²) in [7, 11) is 0. The number of anilines is 1. The number of hydrogen-bond donors (Lipinski definition) is 2. The van der Waals surface area contributed by atoms with Crippen LogP contribution in [0.3, 0.4) is 0 Å². The molecule has 0 saturated heterocycles. The summed E-state index contributed by atoms with van der Waals surface area (Å²) in [5.74, 6) is 0.732. The van der Waals surface area contributed by atoms with Gasteiger partial charge in [0.15, 0.2) is 0 Å². The summed E-state index contributed by atoms with van der Waals surface area (Å²) < 4.78 is 0. The van der Waals surface area contributed by atoms with Crippen molar-refractivity contribution in [3.63, 3.8) is 0 Å². The molecule has 0 aliphatic rings. The molecule has 0 aromatic carbocycles. The lowest BCUT2D eigenvalue weighted by Gasteiger charge is -2.17. The van der Waals surface area contributed by atoms with Gasteiger partial charge in [-0.05, 0) is 39.3 Å². The molecule has 0 aliphatic carbocycles. The van der Waals surface area contributed by atoms with Gasteiger partial charge in [-0.25, -0.2) is 9.97 Å². The molecular weight excluding hydrogens is 288 g/mol. The lowest BCUT2D eigenvalue weighted by Crippen LogP contribution is -2.18. The Bertz CT molecular complexity index is 649. The minimum Gasteiger partial charge on any atom is -0.389 e. The van der Waals surface area contributed by atoms with Gasteiger partial charge >= 0.3 is 0 Å². The van der Waals surface area contributed by atoms with Gasteiger partial charge in [0.05, 0.1) is 11.6 Å². The lowest BCUT2D eigenvalue weighted by molar-refractivity contribution is 0.852. The number of pyridine rings is 1. The first-order valence-electron chi connectivity index (χ1n) is 6.35. The Kier molecular flexibility index (Phi) is 4.35. The van der Waals surface area contributed by atoms with E-state index in [1.165, 1.54) is 0 Å². The molecule has 1 atom stereocenters. The smallest absolute Gasteiger partial charge is 0.137 e. The van der Waals surface area contributed by atoms with E-state index in [9.17, 15) is 0 Å². The largest absolute Gasteiger partial charge is 0.389 e. The summed E-state index contributed by atoms with van der Waals surface area (Å²) in [6.07, 6.45) is 0. The van der Waals surface area contributed by atoms with Gasteiger partial charge < -0.3 is 11.1 Å². The van der Waals surface area contributed by atoms with Gasteiger partial charge in [-0.1, -0.05) is 12.2 Å². The number of aryl methyl sites for hydroxylation is 3. The van der Waals surface area contributed by atoms with Crippen LogP contribution in [0.25, 0.3) is 0 Å². The van der Waals surface area contributed by atoms with E-state index in [4.69, 9.17) is 18.0 Å². The Hall–Kier alpha value is -1.53. The highest BCUT2D eigenvalue weighted by Crippen LogP contribution is 2.25. The molecule has 3 N–H and O–H groups in total. The first-order valence-corrected chi connectivity index (χ1v) is 7.64. The number of hydrogen-bond acceptors (Lipinski definition) is 5. The molecule has 2 aromatic heterocycles. The maximum Gasteiger partial charge on any atom is 0.137 e. The van der Waals surface area contributed by atoms with E-state index in [1.54, 1.807) is 11.3 Å². The molecule has 0 radical (unpaired) electrons. The van der Waals surface area contributed by atoms with Crippen LogP contribution in [0, 0.1) is 20.8 Å². The second-order valence-corrected chi connectivity index (χ2v) is 6.19. The molecule has 1 unspecified atom stereocenters. The van der Waals surface area contributed by atoms with Crippen molar-refractivity contribution < 1.29 is 0 Å². The number of aromatic nitrogens is 2. The average molecular weight is 306 g/mol. The summed E-state index contributed by atoms with van der Waals surface area (Å²) in [5.41, 5.74) is 9.64. The van der Waals surface area contributed by atoms with Crippen LogP contribution in [0.5, 0.6) is 0 Å². The first kappa shape index (κ1) is 14.9. The Balaban J connectivity index is 2.35. The molecule has 0 saturated carbocycles. The van der Waals surface area contributed by atoms with Gasteiger partial charge in [-0.2, -0.15) is 0 Å². The Morgan fingerprint density at radius 2 is 2.00 bits per heavy atom. The molecule has 0 fully saturated rings. The third kappa shape index (κ3) is 3.13. The SMILES string of the molecule is Cc1csc(C(C)Nc2nc(C)cc(C)c2C(N)=S)n1. The van der Waals surface area contributed by atoms with Crippen LogP contribution in [-0.4, -0.2) is 15.0 Å². The first-order chi connectivity index (χ1) is 9.38. The predicted molar refractivity (Wildman–Crippen MR) is 88.5 cm³/mol. The molecule has 20 heavy (non-hydrogen) atoms. The van der Waals surface area contributed by atoms with E-state index in [0.29, 0.717) is 4.99 Å². The highest BCUT2D eigenvalue weighted by Gasteiger charge is 2.16. The third-order valence-electron chi connectivity index (χ3n) is 2.95. The fraction of sp³-hybridized carbons (Fsp3) is 0.357. The molecule has 4 nitrogen and oxygen atoms in total. The number of nitrogens with two attached hydrogens (primary N) is 1. The van der Waals surface area contributed by atoms with Crippen molar-refractivity contribution >= 4 is 34.4 Å². The number of nitrogens with zero attached hydrogens (tertiary/aromatic N) is 2. The number of nitrogens with one attached hydrogen (secondary N) is 1. The summed E-state index contributed by atoms with van der Waals surface area (Å²) in [6, 6.07) is 2.05. The molecule has 0 spiro atoms. The van der Waals surface area contributed by atoms with Crippen molar-refractivity contribution in [1.29, 1.82) is 0 Å². The van der Waals surface area contributed by atoms with Crippen molar-refractivity contribution in [3.8, 4) is 0 Å². The molecule has 6 heteroatoms. The summed E-state index contributed by atoms with van der Waals surface area (Å²) >= 11 is 6.77. The normalized spacial score (nSPS) is 12.2. The quantitative estimate of drug-likeness (QED) is 0.849. The monoisotopic (exact) mass is 306 g/mol. The van der Waals surface area contributed by atoms with E-state index in [1.807, 2.05) is 32.2 Å². The average Bonchev–Trinajstić information content (AvgIpc) is 2.74. The maximum absolute atomic E-state index is 5.82. The van der Waals surface area contributed by atoms with E-state index in [-0.39, 0.29) is 6.04 Å². The van der Waals surface area contributed by atoms with Crippen LogP contribution in [0.1, 0.15) is 40.5 Å².